The third-order valence-electron chi connectivity index (χ3n) is 2.58. The van der Waals surface area contributed by atoms with Crippen LogP contribution in [-0.2, 0) is 6.42 Å². The van der Waals surface area contributed by atoms with E-state index in [4.69, 9.17) is 5.73 Å². The summed E-state index contributed by atoms with van der Waals surface area (Å²) in [5.41, 5.74) is 8.23. The first-order valence-electron chi connectivity index (χ1n) is 5.45. The highest BCUT2D eigenvalue weighted by molar-refractivity contribution is 9.10. The Morgan fingerprint density at radius 1 is 1.29 bits per heavy atom. The molecule has 1 unspecified atom stereocenters. The van der Waals surface area contributed by atoms with Crippen molar-refractivity contribution in [1.82, 2.24) is 9.97 Å². The first kappa shape index (κ1) is 12.2. The number of hydrogen-bond acceptors (Lipinski definition) is 3. The van der Waals surface area contributed by atoms with Gasteiger partial charge in [-0.2, -0.15) is 0 Å². The van der Waals surface area contributed by atoms with Gasteiger partial charge in [0.15, 0.2) is 0 Å². The molecule has 0 radical (unpaired) electrons. The molecule has 0 saturated carbocycles. The fourth-order valence-electron chi connectivity index (χ4n) is 1.69. The highest BCUT2D eigenvalue weighted by Crippen LogP contribution is 2.21. The third-order valence-corrected chi connectivity index (χ3v) is 3.35. The van der Waals surface area contributed by atoms with E-state index in [1.165, 1.54) is 5.56 Å². The second kappa shape index (κ2) is 5.38. The van der Waals surface area contributed by atoms with Gasteiger partial charge in [-0.05, 0) is 31.0 Å². The fraction of sp³-hybridized carbons (Fsp3) is 0.231. The summed E-state index contributed by atoms with van der Waals surface area (Å²) < 4.78 is 1.08. The Morgan fingerprint density at radius 3 is 2.76 bits per heavy atom. The molecule has 0 saturated heterocycles. The Morgan fingerprint density at radius 2 is 2.06 bits per heavy atom. The molecule has 0 amide bonds. The molecule has 0 aliphatic rings. The minimum atomic E-state index is -0.101. The molecule has 2 N–H and O–H groups in total. The zero-order valence-corrected chi connectivity index (χ0v) is 11.2. The van der Waals surface area contributed by atoms with Gasteiger partial charge in [-0.3, -0.25) is 0 Å². The van der Waals surface area contributed by atoms with Crippen LogP contribution in [0.2, 0.25) is 0 Å². The van der Waals surface area contributed by atoms with Crippen molar-refractivity contribution in [3.63, 3.8) is 0 Å². The third kappa shape index (κ3) is 3.11. The van der Waals surface area contributed by atoms with Crippen molar-refractivity contribution >= 4 is 15.9 Å². The summed E-state index contributed by atoms with van der Waals surface area (Å²) in [6, 6.07) is 9.86. The SMILES string of the molecule is Cc1nccc(C(N)Cc2ccccc2Br)n1. The van der Waals surface area contributed by atoms with Gasteiger partial charge in [0.1, 0.15) is 5.82 Å². The average Bonchev–Trinajstić information content (AvgIpc) is 2.32. The van der Waals surface area contributed by atoms with E-state index in [1.54, 1.807) is 6.20 Å². The molecule has 0 bridgehead atoms. The maximum atomic E-state index is 6.15. The molecule has 0 aliphatic heterocycles. The molecule has 88 valence electrons. The van der Waals surface area contributed by atoms with Crippen LogP contribution in [0.15, 0.2) is 41.0 Å². The van der Waals surface area contributed by atoms with E-state index in [9.17, 15) is 0 Å². The van der Waals surface area contributed by atoms with E-state index >= 15 is 0 Å². The minimum Gasteiger partial charge on any atom is -0.322 e. The van der Waals surface area contributed by atoms with Gasteiger partial charge in [0.25, 0.3) is 0 Å². The normalized spacial score (nSPS) is 12.4. The highest BCUT2D eigenvalue weighted by Gasteiger charge is 2.10. The summed E-state index contributed by atoms with van der Waals surface area (Å²) in [5.74, 6) is 0.755. The van der Waals surface area contributed by atoms with Crippen LogP contribution < -0.4 is 5.73 Å². The summed E-state index contributed by atoms with van der Waals surface area (Å²) in [6.45, 7) is 1.87. The van der Waals surface area contributed by atoms with Crippen molar-refractivity contribution in [3.05, 3.63) is 58.1 Å². The number of aryl methyl sites for hydroxylation is 1. The van der Waals surface area contributed by atoms with Gasteiger partial charge >= 0.3 is 0 Å². The number of aromatic nitrogens is 2. The predicted octanol–water partition coefficient (Wildman–Crippen LogP) is 2.79. The Hall–Kier alpha value is -1.26. The molecule has 17 heavy (non-hydrogen) atoms. The fourth-order valence-corrected chi connectivity index (χ4v) is 2.13. The number of hydrogen-bond donors (Lipinski definition) is 1. The van der Waals surface area contributed by atoms with Gasteiger partial charge in [0.05, 0.1) is 11.7 Å². The van der Waals surface area contributed by atoms with Crippen LogP contribution >= 0.6 is 15.9 Å². The van der Waals surface area contributed by atoms with Crippen LogP contribution in [0, 0.1) is 6.92 Å². The summed E-state index contributed by atoms with van der Waals surface area (Å²) in [7, 11) is 0. The summed E-state index contributed by atoms with van der Waals surface area (Å²) in [4.78, 5) is 8.42. The van der Waals surface area contributed by atoms with Crippen LogP contribution in [0.5, 0.6) is 0 Å². The maximum absolute atomic E-state index is 6.15. The first-order chi connectivity index (χ1) is 8.16. The highest BCUT2D eigenvalue weighted by atomic mass is 79.9. The summed E-state index contributed by atoms with van der Waals surface area (Å²) in [6.07, 6.45) is 2.51. The molecule has 1 heterocycles. The smallest absolute Gasteiger partial charge is 0.125 e. The van der Waals surface area contributed by atoms with Crippen LogP contribution in [0.25, 0.3) is 0 Å². The van der Waals surface area contributed by atoms with Gasteiger partial charge in [0.2, 0.25) is 0 Å². The lowest BCUT2D eigenvalue weighted by atomic mass is 10.0. The lowest BCUT2D eigenvalue weighted by molar-refractivity contribution is 0.686. The van der Waals surface area contributed by atoms with E-state index < -0.39 is 0 Å². The van der Waals surface area contributed by atoms with Crippen LogP contribution in [0.1, 0.15) is 23.1 Å². The molecular formula is C13H14BrN3. The van der Waals surface area contributed by atoms with Gasteiger partial charge in [-0.1, -0.05) is 34.1 Å². The van der Waals surface area contributed by atoms with E-state index in [0.29, 0.717) is 0 Å². The largest absolute Gasteiger partial charge is 0.322 e. The van der Waals surface area contributed by atoms with Crippen LogP contribution in [-0.4, -0.2) is 9.97 Å². The molecule has 2 aromatic rings. The standard InChI is InChI=1S/C13H14BrN3/c1-9-16-7-6-13(17-9)12(15)8-10-4-2-3-5-11(10)14/h2-7,12H,8,15H2,1H3. The van der Waals surface area contributed by atoms with E-state index in [-0.39, 0.29) is 6.04 Å². The molecule has 4 heteroatoms. The molecule has 2 rings (SSSR count). The van der Waals surface area contributed by atoms with Gasteiger partial charge in [-0.15, -0.1) is 0 Å². The van der Waals surface area contributed by atoms with E-state index in [2.05, 4.69) is 32.0 Å². The predicted molar refractivity (Wildman–Crippen MR) is 71.5 cm³/mol. The number of halogens is 1. The van der Waals surface area contributed by atoms with Gasteiger partial charge in [0, 0.05) is 10.7 Å². The summed E-state index contributed by atoms with van der Waals surface area (Å²) >= 11 is 3.52. The number of benzene rings is 1. The Labute approximate surface area is 109 Å². The summed E-state index contributed by atoms with van der Waals surface area (Å²) in [5, 5.41) is 0. The van der Waals surface area contributed by atoms with Crippen molar-refractivity contribution in [2.24, 2.45) is 5.73 Å². The molecule has 0 aliphatic carbocycles. The molecule has 1 aromatic carbocycles. The van der Waals surface area contributed by atoms with Crippen molar-refractivity contribution in [1.29, 1.82) is 0 Å². The van der Waals surface area contributed by atoms with Crippen molar-refractivity contribution < 1.29 is 0 Å². The second-order valence-corrected chi connectivity index (χ2v) is 4.79. The second-order valence-electron chi connectivity index (χ2n) is 3.93. The number of rotatable bonds is 3. The zero-order chi connectivity index (χ0) is 12.3. The molecule has 1 aromatic heterocycles. The lowest BCUT2D eigenvalue weighted by Crippen LogP contribution is -2.15. The van der Waals surface area contributed by atoms with Crippen LogP contribution in [0.3, 0.4) is 0 Å². The Balaban J connectivity index is 2.17. The van der Waals surface area contributed by atoms with Gasteiger partial charge in [-0.25, -0.2) is 9.97 Å². The molecule has 0 fully saturated rings. The molecule has 3 nitrogen and oxygen atoms in total. The van der Waals surface area contributed by atoms with E-state index in [1.807, 2.05) is 31.2 Å². The van der Waals surface area contributed by atoms with Crippen molar-refractivity contribution in [3.8, 4) is 0 Å². The maximum Gasteiger partial charge on any atom is 0.125 e. The zero-order valence-electron chi connectivity index (χ0n) is 9.60. The Bertz CT molecular complexity index is 514. The monoisotopic (exact) mass is 291 g/mol. The Kier molecular flexibility index (Phi) is 3.86. The topological polar surface area (TPSA) is 51.8 Å². The average molecular weight is 292 g/mol. The molecular weight excluding hydrogens is 278 g/mol. The minimum absolute atomic E-state index is 0.101. The van der Waals surface area contributed by atoms with Crippen molar-refractivity contribution in [2.75, 3.05) is 0 Å². The number of nitrogens with zero attached hydrogens (tertiary/aromatic N) is 2. The van der Waals surface area contributed by atoms with Gasteiger partial charge < -0.3 is 5.73 Å². The first-order valence-corrected chi connectivity index (χ1v) is 6.24. The van der Waals surface area contributed by atoms with Crippen LogP contribution in [0.4, 0.5) is 0 Å². The molecule has 0 spiro atoms. The van der Waals surface area contributed by atoms with Crippen molar-refractivity contribution in [2.45, 2.75) is 19.4 Å². The molecule has 1 atom stereocenters. The van der Waals surface area contributed by atoms with E-state index in [0.717, 1.165) is 22.4 Å². The lowest BCUT2D eigenvalue weighted by Gasteiger charge is -2.12. The number of nitrogens with two attached hydrogens (primary N) is 1. The quantitative estimate of drug-likeness (QED) is 0.946.